The van der Waals surface area contributed by atoms with Crippen molar-refractivity contribution in [3.63, 3.8) is 0 Å². The van der Waals surface area contributed by atoms with Gasteiger partial charge in [-0.1, -0.05) is 36.9 Å². The lowest BCUT2D eigenvalue weighted by molar-refractivity contribution is -0.129. The van der Waals surface area contributed by atoms with Crippen LogP contribution in [0.15, 0.2) is 43.0 Å². The Hall–Kier alpha value is -1.61. The molecule has 1 unspecified atom stereocenters. The zero-order valence-electron chi connectivity index (χ0n) is 9.23. The number of nitrogens with one attached hydrogen (secondary N) is 1. The van der Waals surface area contributed by atoms with Crippen LogP contribution in [0.25, 0.3) is 0 Å². The molecule has 0 bridgehead atoms. The molecule has 1 aliphatic heterocycles. The van der Waals surface area contributed by atoms with Gasteiger partial charge in [-0.25, -0.2) is 0 Å². The normalized spacial score (nSPS) is 20.5. The van der Waals surface area contributed by atoms with Crippen molar-refractivity contribution in [1.82, 2.24) is 10.2 Å². The van der Waals surface area contributed by atoms with Crippen molar-refractivity contribution >= 4 is 5.91 Å². The Morgan fingerprint density at radius 2 is 2.19 bits per heavy atom. The van der Waals surface area contributed by atoms with Crippen molar-refractivity contribution in [2.24, 2.45) is 0 Å². The monoisotopic (exact) mass is 216 g/mol. The number of hydrogen-bond acceptors (Lipinski definition) is 2. The van der Waals surface area contributed by atoms with Gasteiger partial charge in [-0.05, 0) is 11.6 Å². The number of benzene rings is 1. The van der Waals surface area contributed by atoms with Crippen LogP contribution in [0.1, 0.15) is 11.6 Å². The van der Waals surface area contributed by atoms with E-state index in [1.54, 1.807) is 0 Å². The molecular formula is C13H16N2O. The van der Waals surface area contributed by atoms with Gasteiger partial charge < -0.3 is 10.2 Å². The van der Waals surface area contributed by atoms with E-state index in [9.17, 15) is 4.79 Å². The lowest BCUT2D eigenvalue weighted by atomic mass is 10.0. The standard InChI is InChI=1S/C13H16N2O/c1-2-13(16)15-9-8-14-10-12(15)11-6-4-3-5-7-11/h2-7,12,14H,1,8-10H2. The number of hydrogen-bond donors (Lipinski definition) is 1. The third-order valence-electron chi connectivity index (χ3n) is 2.89. The van der Waals surface area contributed by atoms with Crippen molar-refractivity contribution in [2.75, 3.05) is 19.6 Å². The van der Waals surface area contributed by atoms with Gasteiger partial charge in [-0.2, -0.15) is 0 Å². The molecule has 1 aromatic carbocycles. The molecule has 1 fully saturated rings. The van der Waals surface area contributed by atoms with Crippen molar-refractivity contribution in [3.8, 4) is 0 Å². The number of piperazine rings is 1. The smallest absolute Gasteiger partial charge is 0.246 e. The summed E-state index contributed by atoms with van der Waals surface area (Å²) in [4.78, 5) is 13.6. The van der Waals surface area contributed by atoms with Crippen LogP contribution in [0, 0.1) is 0 Å². The van der Waals surface area contributed by atoms with E-state index in [0.29, 0.717) is 0 Å². The van der Waals surface area contributed by atoms with Gasteiger partial charge in [0.25, 0.3) is 0 Å². The highest BCUT2D eigenvalue weighted by Gasteiger charge is 2.25. The van der Waals surface area contributed by atoms with E-state index in [-0.39, 0.29) is 11.9 Å². The van der Waals surface area contributed by atoms with Crippen LogP contribution in [-0.4, -0.2) is 30.4 Å². The number of rotatable bonds is 2. The molecule has 0 saturated carbocycles. The van der Waals surface area contributed by atoms with Gasteiger partial charge in [-0.15, -0.1) is 0 Å². The van der Waals surface area contributed by atoms with E-state index < -0.39 is 0 Å². The molecule has 1 saturated heterocycles. The molecule has 84 valence electrons. The van der Waals surface area contributed by atoms with E-state index in [0.717, 1.165) is 19.6 Å². The maximum absolute atomic E-state index is 11.7. The summed E-state index contributed by atoms with van der Waals surface area (Å²) in [5, 5.41) is 3.31. The van der Waals surface area contributed by atoms with E-state index in [2.05, 4.69) is 24.0 Å². The van der Waals surface area contributed by atoms with Gasteiger partial charge in [-0.3, -0.25) is 4.79 Å². The van der Waals surface area contributed by atoms with Gasteiger partial charge in [0.15, 0.2) is 0 Å². The molecule has 1 heterocycles. The highest BCUT2D eigenvalue weighted by molar-refractivity contribution is 5.87. The second-order valence-corrected chi connectivity index (χ2v) is 3.87. The van der Waals surface area contributed by atoms with Crippen LogP contribution >= 0.6 is 0 Å². The molecule has 1 amide bonds. The van der Waals surface area contributed by atoms with Crippen molar-refractivity contribution < 1.29 is 4.79 Å². The molecule has 2 rings (SSSR count). The minimum absolute atomic E-state index is 0.00959. The van der Waals surface area contributed by atoms with E-state index in [4.69, 9.17) is 0 Å². The highest BCUT2D eigenvalue weighted by atomic mass is 16.2. The highest BCUT2D eigenvalue weighted by Crippen LogP contribution is 2.21. The summed E-state index contributed by atoms with van der Waals surface area (Å²) in [7, 11) is 0. The van der Waals surface area contributed by atoms with Crippen LogP contribution in [0.2, 0.25) is 0 Å². The minimum atomic E-state index is 0.00959. The molecule has 0 aromatic heterocycles. The fraction of sp³-hybridized carbons (Fsp3) is 0.308. The summed E-state index contributed by atoms with van der Waals surface area (Å²) >= 11 is 0. The number of amides is 1. The molecule has 0 radical (unpaired) electrons. The summed E-state index contributed by atoms with van der Waals surface area (Å²) in [5.41, 5.74) is 1.17. The summed E-state index contributed by atoms with van der Waals surface area (Å²) in [5.74, 6) is 0.00959. The Bertz CT molecular complexity index is 375. The maximum atomic E-state index is 11.7. The fourth-order valence-corrected chi connectivity index (χ4v) is 2.06. The molecule has 16 heavy (non-hydrogen) atoms. The first-order chi connectivity index (χ1) is 7.83. The second kappa shape index (κ2) is 4.94. The van der Waals surface area contributed by atoms with Crippen molar-refractivity contribution in [1.29, 1.82) is 0 Å². The Kier molecular flexibility index (Phi) is 3.37. The van der Waals surface area contributed by atoms with E-state index in [1.807, 2.05) is 23.1 Å². The third kappa shape index (κ3) is 2.14. The van der Waals surface area contributed by atoms with Crippen molar-refractivity contribution in [3.05, 3.63) is 48.6 Å². The predicted octanol–water partition coefficient (Wildman–Crippen LogP) is 1.35. The Balaban J connectivity index is 2.23. The van der Waals surface area contributed by atoms with Crippen LogP contribution in [0.4, 0.5) is 0 Å². The van der Waals surface area contributed by atoms with Gasteiger partial charge >= 0.3 is 0 Å². The topological polar surface area (TPSA) is 32.3 Å². The van der Waals surface area contributed by atoms with Crippen LogP contribution in [-0.2, 0) is 4.79 Å². The SMILES string of the molecule is C=CC(=O)N1CCNCC1c1ccccc1. The molecule has 1 aromatic rings. The molecule has 1 N–H and O–H groups in total. The van der Waals surface area contributed by atoms with Crippen LogP contribution < -0.4 is 5.32 Å². The Morgan fingerprint density at radius 3 is 2.88 bits per heavy atom. The summed E-state index contributed by atoms with van der Waals surface area (Å²) in [6, 6.07) is 10.2. The zero-order valence-corrected chi connectivity index (χ0v) is 9.23. The number of nitrogens with zero attached hydrogens (tertiary/aromatic N) is 1. The van der Waals surface area contributed by atoms with Crippen LogP contribution in [0.5, 0.6) is 0 Å². The molecule has 1 atom stereocenters. The predicted molar refractivity (Wildman–Crippen MR) is 64.0 cm³/mol. The summed E-state index contributed by atoms with van der Waals surface area (Å²) in [6.07, 6.45) is 1.39. The largest absolute Gasteiger partial charge is 0.330 e. The molecule has 1 aliphatic rings. The van der Waals surface area contributed by atoms with Gasteiger partial charge in [0.05, 0.1) is 6.04 Å². The van der Waals surface area contributed by atoms with Crippen molar-refractivity contribution in [2.45, 2.75) is 6.04 Å². The first kappa shape index (κ1) is 10.9. The lowest BCUT2D eigenvalue weighted by Gasteiger charge is -2.35. The summed E-state index contributed by atoms with van der Waals surface area (Å²) < 4.78 is 0. The Labute approximate surface area is 95.8 Å². The molecular weight excluding hydrogens is 200 g/mol. The first-order valence-electron chi connectivity index (χ1n) is 5.51. The van der Waals surface area contributed by atoms with Crippen LogP contribution in [0.3, 0.4) is 0 Å². The molecule has 0 aliphatic carbocycles. The summed E-state index contributed by atoms with van der Waals surface area (Å²) in [6.45, 7) is 5.95. The average molecular weight is 216 g/mol. The number of carbonyl (C=O) groups excluding carboxylic acids is 1. The minimum Gasteiger partial charge on any atom is -0.330 e. The van der Waals surface area contributed by atoms with E-state index >= 15 is 0 Å². The maximum Gasteiger partial charge on any atom is 0.246 e. The van der Waals surface area contributed by atoms with Gasteiger partial charge in [0.2, 0.25) is 5.91 Å². The molecule has 0 spiro atoms. The average Bonchev–Trinajstić information content (AvgIpc) is 2.39. The fourth-order valence-electron chi connectivity index (χ4n) is 2.06. The lowest BCUT2D eigenvalue weighted by Crippen LogP contribution is -2.48. The molecule has 3 nitrogen and oxygen atoms in total. The van der Waals surface area contributed by atoms with Gasteiger partial charge in [0.1, 0.15) is 0 Å². The number of carbonyl (C=O) groups is 1. The van der Waals surface area contributed by atoms with E-state index in [1.165, 1.54) is 11.6 Å². The quantitative estimate of drug-likeness (QED) is 0.757. The first-order valence-corrected chi connectivity index (χ1v) is 5.51. The zero-order chi connectivity index (χ0) is 11.4. The van der Waals surface area contributed by atoms with Gasteiger partial charge in [0, 0.05) is 19.6 Å². The molecule has 3 heteroatoms. The third-order valence-corrected chi connectivity index (χ3v) is 2.89. The second-order valence-electron chi connectivity index (χ2n) is 3.87. The Morgan fingerprint density at radius 1 is 1.44 bits per heavy atom.